The fraction of sp³-hybridized carbons (Fsp3) is 0.500. The smallest absolute Gasteiger partial charge is 0.357 e. The van der Waals surface area contributed by atoms with Crippen LogP contribution in [0.15, 0.2) is 5.38 Å². The fourth-order valence-electron chi connectivity index (χ4n) is 0.856. The van der Waals surface area contributed by atoms with E-state index in [9.17, 15) is 13.2 Å². The molecule has 0 saturated heterocycles. The van der Waals surface area contributed by atoms with Gasteiger partial charge in [0.1, 0.15) is 10.3 Å². The molecule has 1 unspecified atom stereocenters. The first-order chi connectivity index (χ1) is 6.86. The molecule has 0 aliphatic heterocycles. The molecule has 0 bridgehead atoms. The molecule has 0 fully saturated rings. The van der Waals surface area contributed by atoms with Crippen LogP contribution in [0.2, 0.25) is 0 Å². The fourth-order valence-corrected chi connectivity index (χ4v) is 2.69. The van der Waals surface area contributed by atoms with E-state index in [1.165, 1.54) is 19.4 Å². The van der Waals surface area contributed by atoms with Gasteiger partial charge >= 0.3 is 5.97 Å². The Balaban J connectivity index is 3.00. The van der Waals surface area contributed by atoms with E-state index in [2.05, 4.69) is 9.72 Å². The summed E-state index contributed by atoms with van der Waals surface area (Å²) in [7, 11) is -1.93. The average Bonchev–Trinajstić information content (AvgIpc) is 2.62. The van der Waals surface area contributed by atoms with Crippen LogP contribution in [0, 0.1) is 0 Å². The van der Waals surface area contributed by atoms with Gasteiger partial charge in [-0.2, -0.15) is 0 Å². The zero-order valence-corrected chi connectivity index (χ0v) is 10.2. The van der Waals surface area contributed by atoms with Crippen molar-refractivity contribution in [3.8, 4) is 0 Å². The Morgan fingerprint density at radius 2 is 2.20 bits per heavy atom. The molecule has 5 nitrogen and oxygen atoms in total. The maximum atomic E-state index is 11.2. The maximum absolute atomic E-state index is 11.2. The van der Waals surface area contributed by atoms with Gasteiger partial charge in [-0.05, 0) is 6.92 Å². The van der Waals surface area contributed by atoms with E-state index in [4.69, 9.17) is 0 Å². The summed E-state index contributed by atoms with van der Waals surface area (Å²) in [6.45, 7) is 1.54. The van der Waals surface area contributed by atoms with Crippen LogP contribution < -0.4 is 0 Å². The lowest BCUT2D eigenvalue weighted by Crippen LogP contribution is -2.08. The van der Waals surface area contributed by atoms with Gasteiger partial charge in [0.05, 0.1) is 7.11 Å². The largest absolute Gasteiger partial charge is 0.464 e. The van der Waals surface area contributed by atoms with E-state index >= 15 is 0 Å². The number of aromatic nitrogens is 1. The maximum Gasteiger partial charge on any atom is 0.357 e. The van der Waals surface area contributed by atoms with Gasteiger partial charge in [-0.3, -0.25) is 0 Å². The molecule has 0 amide bonds. The van der Waals surface area contributed by atoms with Crippen LogP contribution >= 0.6 is 11.3 Å². The van der Waals surface area contributed by atoms with Crippen LogP contribution in [0.5, 0.6) is 0 Å². The lowest BCUT2D eigenvalue weighted by atomic mass is 10.5. The van der Waals surface area contributed by atoms with Gasteiger partial charge in [0, 0.05) is 11.6 Å². The van der Waals surface area contributed by atoms with Crippen LogP contribution in [-0.2, 0) is 14.6 Å². The number of hydrogen-bond donors (Lipinski definition) is 0. The van der Waals surface area contributed by atoms with Crippen LogP contribution in [0.4, 0.5) is 0 Å². The number of esters is 1. The minimum atomic E-state index is -3.18. The quantitative estimate of drug-likeness (QED) is 0.748. The monoisotopic (exact) mass is 249 g/mol. The molecule has 7 heteroatoms. The van der Waals surface area contributed by atoms with E-state index in [1.807, 2.05) is 0 Å². The highest BCUT2D eigenvalue weighted by Gasteiger charge is 2.22. The van der Waals surface area contributed by atoms with Gasteiger partial charge in [0.15, 0.2) is 15.5 Å². The minimum absolute atomic E-state index is 0.146. The Kier molecular flexibility index (Phi) is 3.46. The van der Waals surface area contributed by atoms with E-state index < -0.39 is 21.1 Å². The first kappa shape index (κ1) is 12.1. The summed E-state index contributed by atoms with van der Waals surface area (Å²) >= 11 is 1.14. The van der Waals surface area contributed by atoms with Gasteiger partial charge < -0.3 is 4.74 Å². The lowest BCUT2D eigenvalue weighted by molar-refractivity contribution is 0.0594. The van der Waals surface area contributed by atoms with E-state index in [-0.39, 0.29) is 5.69 Å². The highest BCUT2D eigenvalue weighted by molar-refractivity contribution is 7.91. The van der Waals surface area contributed by atoms with Crippen molar-refractivity contribution in [3.63, 3.8) is 0 Å². The Bertz CT molecular complexity index is 463. The first-order valence-electron chi connectivity index (χ1n) is 4.09. The normalized spacial score (nSPS) is 13.5. The molecular formula is C8H11NO4S2. The predicted molar refractivity (Wildman–Crippen MR) is 56.7 cm³/mol. The average molecular weight is 249 g/mol. The number of sulfone groups is 1. The highest BCUT2D eigenvalue weighted by Crippen LogP contribution is 2.24. The van der Waals surface area contributed by atoms with Crippen molar-refractivity contribution in [3.05, 3.63) is 16.1 Å². The number of thiazole rings is 1. The Morgan fingerprint density at radius 3 is 2.67 bits per heavy atom. The second kappa shape index (κ2) is 4.28. The number of rotatable bonds is 3. The summed E-state index contributed by atoms with van der Waals surface area (Å²) in [5.41, 5.74) is 0.146. The molecule has 15 heavy (non-hydrogen) atoms. The van der Waals surface area contributed by atoms with Crippen LogP contribution in [0.25, 0.3) is 0 Å². The molecule has 1 atom stereocenters. The zero-order valence-electron chi connectivity index (χ0n) is 8.55. The van der Waals surface area contributed by atoms with Crippen molar-refractivity contribution in [1.82, 2.24) is 4.98 Å². The molecule has 0 radical (unpaired) electrons. The van der Waals surface area contributed by atoms with Crippen molar-refractivity contribution in [1.29, 1.82) is 0 Å². The third-order valence-corrected chi connectivity index (χ3v) is 4.59. The van der Waals surface area contributed by atoms with E-state index in [0.717, 1.165) is 17.6 Å². The standard InChI is InChI=1S/C8H11NO4S2/c1-5(15(3,11)12)7-9-6(4-14-7)8(10)13-2/h4-5H,1-3H3. The number of hydrogen-bond acceptors (Lipinski definition) is 6. The van der Waals surface area contributed by atoms with Crippen molar-refractivity contribution < 1.29 is 17.9 Å². The molecule has 0 aliphatic carbocycles. The summed E-state index contributed by atoms with van der Waals surface area (Å²) in [4.78, 5) is 15.0. The molecule has 1 rings (SSSR count). The number of methoxy groups -OCH3 is 1. The Hall–Kier alpha value is -0.950. The predicted octanol–water partition coefficient (Wildman–Crippen LogP) is 1.04. The number of carbonyl (C=O) groups excluding carboxylic acids is 1. The van der Waals surface area contributed by atoms with Gasteiger partial charge in [-0.1, -0.05) is 0 Å². The molecule has 0 N–H and O–H groups in total. The summed E-state index contributed by atoms with van der Waals surface area (Å²) < 4.78 is 26.9. The number of carbonyl (C=O) groups is 1. The SMILES string of the molecule is COC(=O)c1csc(C(C)S(C)(=O)=O)n1. The number of nitrogens with zero attached hydrogens (tertiary/aromatic N) is 1. The van der Waals surface area contributed by atoms with Crippen molar-refractivity contribution >= 4 is 27.1 Å². The molecule has 1 aromatic rings. The minimum Gasteiger partial charge on any atom is -0.464 e. The molecular weight excluding hydrogens is 238 g/mol. The number of ether oxygens (including phenoxy) is 1. The summed E-state index contributed by atoms with van der Waals surface area (Å²) in [5, 5.41) is 1.20. The van der Waals surface area contributed by atoms with Crippen molar-refractivity contribution in [2.75, 3.05) is 13.4 Å². The van der Waals surface area contributed by atoms with Gasteiger partial charge in [-0.15, -0.1) is 11.3 Å². The second-order valence-corrected chi connectivity index (χ2v) is 6.29. The first-order valence-corrected chi connectivity index (χ1v) is 6.92. The van der Waals surface area contributed by atoms with Crippen LogP contribution in [0.3, 0.4) is 0 Å². The Labute approximate surface area is 92.0 Å². The molecule has 0 saturated carbocycles. The second-order valence-electron chi connectivity index (χ2n) is 3.03. The third-order valence-electron chi connectivity index (χ3n) is 1.91. The van der Waals surface area contributed by atoms with Gasteiger partial charge in [0.2, 0.25) is 0 Å². The summed E-state index contributed by atoms with van der Waals surface area (Å²) in [5.74, 6) is -0.557. The zero-order chi connectivity index (χ0) is 11.6. The molecule has 0 aliphatic rings. The van der Waals surface area contributed by atoms with Crippen LogP contribution in [-0.4, -0.2) is 32.7 Å². The van der Waals surface area contributed by atoms with Gasteiger partial charge in [0.25, 0.3) is 0 Å². The van der Waals surface area contributed by atoms with E-state index in [1.54, 1.807) is 0 Å². The molecule has 84 valence electrons. The molecule has 0 spiro atoms. The summed E-state index contributed by atoms with van der Waals surface area (Å²) in [6, 6.07) is 0. The van der Waals surface area contributed by atoms with Crippen molar-refractivity contribution in [2.24, 2.45) is 0 Å². The van der Waals surface area contributed by atoms with Gasteiger partial charge in [-0.25, -0.2) is 18.2 Å². The van der Waals surface area contributed by atoms with Crippen molar-refractivity contribution in [2.45, 2.75) is 12.2 Å². The molecule has 0 aromatic carbocycles. The van der Waals surface area contributed by atoms with Crippen LogP contribution in [0.1, 0.15) is 27.7 Å². The molecule has 1 heterocycles. The Morgan fingerprint density at radius 1 is 1.60 bits per heavy atom. The molecule has 1 aromatic heterocycles. The lowest BCUT2D eigenvalue weighted by Gasteiger charge is -2.03. The van der Waals surface area contributed by atoms with E-state index in [0.29, 0.717) is 5.01 Å². The summed E-state index contributed by atoms with van der Waals surface area (Å²) in [6.07, 6.45) is 1.14. The highest BCUT2D eigenvalue weighted by atomic mass is 32.2. The topological polar surface area (TPSA) is 73.3 Å². The third kappa shape index (κ3) is 2.75.